The van der Waals surface area contributed by atoms with Gasteiger partial charge in [-0.15, -0.1) is 0 Å². The molecule has 0 saturated heterocycles. The lowest BCUT2D eigenvalue weighted by Gasteiger charge is -2.29. The van der Waals surface area contributed by atoms with Crippen LogP contribution in [0, 0.1) is 0 Å². The number of rotatable bonds is 4. The summed E-state index contributed by atoms with van der Waals surface area (Å²) in [6.07, 6.45) is 1.80. The van der Waals surface area contributed by atoms with Crippen LogP contribution in [0.4, 0.5) is 0 Å². The van der Waals surface area contributed by atoms with Crippen molar-refractivity contribution in [1.82, 2.24) is 4.90 Å². The molecule has 0 spiro atoms. The van der Waals surface area contributed by atoms with Crippen molar-refractivity contribution in [2.75, 3.05) is 6.54 Å². The number of carbonyl (C=O) groups excluding carboxylic acids is 1. The van der Waals surface area contributed by atoms with Gasteiger partial charge >= 0.3 is 0 Å². The molecule has 0 atom stereocenters. The van der Waals surface area contributed by atoms with Crippen molar-refractivity contribution >= 4 is 5.91 Å². The van der Waals surface area contributed by atoms with Gasteiger partial charge in [-0.2, -0.15) is 0 Å². The molecule has 0 bridgehead atoms. The minimum absolute atomic E-state index is 0.0819. The summed E-state index contributed by atoms with van der Waals surface area (Å²) < 4.78 is 12.1. The van der Waals surface area contributed by atoms with Crippen LogP contribution in [0.3, 0.4) is 0 Å². The predicted octanol–water partition coefficient (Wildman–Crippen LogP) is 5.18. The largest absolute Gasteiger partial charge is 0.485 e. The lowest BCUT2D eigenvalue weighted by molar-refractivity contribution is 0.0734. The first-order valence-electron chi connectivity index (χ1n) is 10.9. The van der Waals surface area contributed by atoms with Gasteiger partial charge in [0.2, 0.25) is 0 Å². The van der Waals surface area contributed by atoms with Gasteiger partial charge in [0, 0.05) is 30.6 Å². The number of hydrogen-bond acceptors (Lipinski definition) is 3. The molecule has 5 rings (SSSR count). The Labute approximate surface area is 183 Å². The fourth-order valence-electron chi connectivity index (χ4n) is 4.46. The highest BCUT2D eigenvalue weighted by molar-refractivity contribution is 5.94. The van der Waals surface area contributed by atoms with E-state index in [1.165, 1.54) is 16.7 Å². The third-order valence-corrected chi connectivity index (χ3v) is 6.07. The third-order valence-electron chi connectivity index (χ3n) is 6.07. The second-order valence-electron chi connectivity index (χ2n) is 9.01. The molecule has 3 aromatic carbocycles. The van der Waals surface area contributed by atoms with Crippen molar-refractivity contribution in [3.05, 3.63) is 94.5 Å². The molecule has 158 valence electrons. The highest BCUT2D eigenvalue weighted by Crippen LogP contribution is 2.42. The zero-order valence-electron chi connectivity index (χ0n) is 18.1. The number of benzene rings is 3. The van der Waals surface area contributed by atoms with Gasteiger partial charge < -0.3 is 14.4 Å². The molecule has 0 saturated carbocycles. The van der Waals surface area contributed by atoms with Crippen LogP contribution in [0.25, 0.3) is 0 Å². The average molecular weight is 414 g/mol. The number of amides is 1. The van der Waals surface area contributed by atoms with Gasteiger partial charge in [-0.1, -0.05) is 48.5 Å². The SMILES string of the molecule is CC1(C)Cc2cccc(OCc3ccc(C(=O)N4CCc5ccccc5C4)cc3)c2O1. The van der Waals surface area contributed by atoms with Gasteiger partial charge in [0.05, 0.1) is 0 Å². The summed E-state index contributed by atoms with van der Waals surface area (Å²) in [7, 11) is 0. The lowest BCUT2D eigenvalue weighted by atomic mass is 9.99. The van der Waals surface area contributed by atoms with Crippen LogP contribution in [0.2, 0.25) is 0 Å². The first-order chi connectivity index (χ1) is 15.0. The normalized spacial score (nSPS) is 16.3. The Balaban J connectivity index is 1.24. The molecule has 0 aromatic heterocycles. The van der Waals surface area contributed by atoms with Crippen LogP contribution in [-0.2, 0) is 26.0 Å². The maximum Gasteiger partial charge on any atom is 0.254 e. The van der Waals surface area contributed by atoms with E-state index in [0.717, 1.165) is 36.4 Å². The minimum Gasteiger partial charge on any atom is -0.485 e. The smallest absolute Gasteiger partial charge is 0.254 e. The van der Waals surface area contributed by atoms with E-state index in [9.17, 15) is 4.79 Å². The van der Waals surface area contributed by atoms with E-state index >= 15 is 0 Å². The molecule has 0 N–H and O–H groups in total. The summed E-state index contributed by atoms with van der Waals surface area (Å²) in [5, 5.41) is 0. The van der Waals surface area contributed by atoms with Crippen LogP contribution in [0.1, 0.15) is 46.5 Å². The van der Waals surface area contributed by atoms with E-state index in [1.54, 1.807) is 0 Å². The van der Waals surface area contributed by atoms with E-state index in [1.807, 2.05) is 47.4 Å². The number of para-hydroxylation sites is 1. The zero-order valence-corrected chi connectivity index (χ0v) is 18.1. The van der Waals surface area contributed by atoms with E-state index in [0.29, 0.717) is 18.7 Å². The summed E-state index contributed by atoms with van der Waals surface area (Å²) in [4.78, 5) is 14.9. The molecule has 0 fully saturated rings. The Kier molecular flexibility index (Phi) is 4.93. The number of ether oxygens (including phenoxy) is 2. The summed E-state index contributed by atoms with van der Waals surface area (Å²) in [6, 6.07) is 22.2. The van der Waals surface area contributed by atoms with Crippen molar-refractivity contribution in [3.63, 3.8) is 0 Å². The van der Waals surface area contributed by atoms with Crippen LogP contribution < -0.4 is 9.47 Å². The Morgan fingerprint density at radius 2 is 1.71 bits per heavy atom. The van der Waals surface area contributed by atoms with Crippen LogP contribution in [-0.4, -0.2) is 23.0 Å². The summed E-state index contributed by atoms with van der Waals surface area (Å²) in [5.41, 5.74) is 5.32. The van der Waals surface area contributed by atoms with Crippen LogP contribution >= 0.6 is 0 Å². The maximum absolute atomic E-state index is 13.0. The quantitative estimate of drug-likeness (QED) is 0.592. The van der Waals surface area contributed by atoms with E-state index < -0.39 is 0 Å². The minimum atomic E-state index is -0.196. The van der Waals surface area contributed by atoms with E-state index in [4.69, 9.17) is 9.47 Å². The summed E-state index contributed by atoms with van der Waals surface area (Å²) >= 11 is 0. The molecule has 2 aliphatic heterocycles. The van der Waals surface area contributed by atoms with Crippen molar-refractivity contribution in [2.24, 2.45) is 0 Å². The Bertz CT molecular complexity index is 1120. The Morgan fingerprint density at radius 1 is 0.968 bits per heavy atom. The van der Waals surface area contributed by atoms with Gasteiger partial charge in [0.1, 0.15) is 12.2 Å². The van der Waals surface area contributed by atoms with Crippen molar-refractivity contribution < 1.29 is 14.3 Å². The Hall–Kier alpha value is -3.27. The van der Waals surface area contributed by atoms with Gasteiger partial charge in [-0.25, -0.2) is 0 Å². The molecular weight excluding hydrogens is 386 g/mol. The average Bonchev–Trinajstić information content (AvgIpc) is 3.11. The molecular formula is C27H27NO3. The topological polar surface area (TPSA) is 38.8 Å². The van der Waals surface area contributed by atoms with Crippen molar-refractivity contribution in [1.29, 1.82) is 0 Å². The standard InChI is InChI=1S/C27H27NO3/c1-27(2)16-22-8-5-9-24(25(22)31-27)30-18-19-10-12-21(13-11-19)26(29)28-15-14-20-6-3-4-7-23(20)17-28/h3-13H,14-18H2,1-2H3. The summed E-state index contributed by atoms with van der Waals surface area (Å²) in [5.74, 6) is 1.71. The predicted molar refractivity (Wildman–Crippen MR) is 121 cm³/mol. The van der Waals surface area contributed by atoms with E-state index in [-0.39, 0.29) is 11.5 Å². The first kappa shape index (κ1) is 19.7. The molecule has 0 aliphatic carbocycles. The lowest BCUT2D eigenvalue weighted by Crippen LogP contribution is -2.35. The highest BCUT2D eigenvalue weighted by Gasteiger charge is 2.32. The molecule has 2 aliphatic rings. The fraction of sp³-hybridized carbons (Fsp3) is 0.296. The van der Waals surface area contributed by atoms with Crippen molar-refractivity contribution in [2.45, 2.75) is 45.4 Å². The zero-order chi connectivity index (χ0) is 21.4. The molecule has 4 heteroatoms. The van der Waals surface area contributed by atoms with Gasteiger partial charge in [0.15, 0.2) is 11.5 Å². The number of nitrogens with zero attached hydrogens (tertiary/aromatic N) is 1. The number of carbonyl (C=O) groups is 1. The number of hydrogen-bond donors (Lipinski definition) is 0. The van der Waals surface area contributed by atoms with Gasteiger partial charge in [0.25, 0.3) is 5.91 Å². The molecule has 0 radical (unpaired) electrons. The van der Waals surface area contributed by atoms with Crippen molar-refractivity contribution in [3.8, 4) is 11.5 Å². The molecule has 1 amide bonds. The van der Waals surface area contributed by atoms with Crippen LogP contribution in [0.5, 0.6) is 11.5 Å². The van der Waals surface area contributed by atoms with Crippen LogP contribution in [0.15, 0.2) is 66.7 Å². The molecule has 31 heavy (non-hydrogen) atoms. The Morgan fingerprint density at radius 3 is 2.52 bits per heavy atom. The second kappa shape index (κ2) is 7.77. The molecule has 0 unspecified atom stereocenters. The molecule has 2 heterocycles. The third kappa shape index (κ3) is 4.02. The van der Waals surface area contributed by atoms with Gasteiger partial charge in [-0.05, 0) is 55.2 Å². The fourth-order valence-corrected chi connectivity index (χ4v) is 4.46. The van der Waals surface area contributed by atoms with Gasteiger partial charge in [-0.3, -0.25) is 4.79 Å². The summed E-state index contributed by atoms with van der Waals surface area (Å²) in [6.45, 7) is 6.05. The first-order valence-corrected chi connectivity index (χ1v) is 10.9. The molecule has 3 aromatic rings. The molecule has 4 nitrogen and oxygen atoms in total. The highest BCUT2D eigenvalue weighted by atomic mass is 16.5. The number of fused-ring (bicyclic) bond motifs is 2. The monoisotopic (exact) mass is 413 g/mol. The second-order valence-corrected chi connectivity index (χ2v) is 9.01. The maximum atomic E-state index is 13.0. The van der Waals surface area contributed by atoms with E-state index in [2.05, 4.69) is 38.1 Å².